The van der Waals surface area contributed by atoms with Gasteiger partial charge in [-0.1, -0.05) is 12.2 Å². The molecule has 2 heterocycles. The van der Waals surface area contributed by atoms with E-state index in [1.165, 1.54) is 12.0 Å². The summed E-state index contributed by atoms with van der Waals surface area (Å²) in [4.78, 5) is 22.8. The van der Waals surface area contributed by atoms with Crippen molar-refractivity contribution in [3.05, 3.63) is 6.20 Å². The van der Waals surface area contributed by atoms with Crippen molar-refractivity contribution in [3.63, 3.8) is 0 Å². The first-order chi connectivity index (χ1) is 10.5. The third-order valence-corrected chi connectivity index (χ3v) is 3.91. The molecule has 1 N–H and O–H groups in total. The van der Waals surface area contributed by atoms with Crippen LogP contribution in [0.25, 0.3) is 0 Å². The van der Waals surface area contributed by atoms with Gasteiger partial charge in [-0.05, 0) is 20.1 Å². The molecule has 1 aromatic heterocycles. The molecule has 0 radical (unpaired) electrons. The number of anilines is 2. The van der Waals surface area contributed by atoms with E-state index in [1.54, 1.807) is 31.8 Å². The number of ether oxygens (including phenoxy) is 2. The Labute approximate surface area is 138 Å². The molecule has 1 amide bonds. The minimum Gasteiger partial charge on any atom is -0.467 e. The Hall–Kier alpha value is -1.61. The van der Waals surface area contributed by atoms with Crippen molar-refractivity contribution in [2.75, 3.05) is 29.3 Å². The van der Waals surface area contributed by atoms with Crippen LogP contribution in [0, 0.1) is 0 Å². The highest BCUT2D eigenvalue weighted by molar-refractivity contribution is 7.98. The van der Waals surface area contributed by atoms with E-state index in [1.807, 2.05) is 6.26 Å². The Morgan fingerprint density at radius 1 is 1.59 bits per heavy atom. The Bertz CT molecular complexity index is 582. The highest BCUT2D eigenvalue weighted by Gasteiger charge is 2.37. The van der Waals surface area contributed by atoms with Crippen LogP contribution in [-0.2, 0) is 4.74 Å². The van der Waals surface area contributed by atoms with Crippen molar-refractivity contribution < 1.29 is 14.3 Å². The molecule has 0 bridgehead atoms. The van der Waals surface area contributed by atoms with Gasteiger partial charge < -0.3 is 14.8 Å². The minimum absolute atomic E-state index is 0.179. The molecule has 1 atom stereocenters. The van der Waals surface area contributed by atoms with Crippen LogP contribution < -0.4 is 15.0 Å². The molecule has 1 aliphatic heterocycles. The summed E-state index contributed by atoms with van der Waals surface area (Å²) in [5, 5.41) is 3.07. The molecule has 1 aliphatic rings. The molecule has 0 fully saturated rings. The topological polar surface area (TPSA) is 76.6 Å². The number of thiocarbonyl (C=S) groups is 1. The van der Waals surface area contributed by atoms with Crippen LogP contribution in [0.1, 0.15) is 13.8 Å². The summed E-state index contributed by atoms with van der Waals surface area (Å²) in [7, 11) is 1.47. The van der Waals surface area contributed by atoms with E-state index in [2.05, 4.69) is 15.3 Å². The van der Waals surface area contributed by atoms with Crippen LogP contribution in [0.3, 0.4) is 0 Å². The van der Waals surface area contributed by atoms with Crippen molar-refractivity contribution in [1.82, 2.24) is 9.97 Å². The van der Waals surface area contributed by atoms with Crippen molar-refractivity contribution in [2.45, 2.75) is 26.0 Å². The monoisotopic (exact) mass is 342 g/mol. The molecular formula is C13H18N4O3S2. The molecule has 0 saturated heterocycles. The fourth-order valence-electron chi connectivity index (χ4n) is 1.99. The van der Waals surface area contributed by atoms with Crippen LogP contribution in [0.2, 0.25) is 0 Å². The molecule has 7 nitrogen and oxygen atoms in total. The molecule has 2 rings (SSSR count). The van der Waals surface area contributed by atoms with Crippen molar-refractivity contribution >= 4 is 46.6 Å². The van der Waals surface area contributed by atoms with Gasteiger partial charge >= 0.3 is 12.1 Å². The number of hydrogen-bond acceptors (Lipinski definition) is 7. The maximum Gasteiger partial charge on any atom is 0.416 e. The Balaban J connectivity index is 2.47. The molecule has 120 valence electrons. The van der Waals surface area contributed by atoms with Crippen molar-refractivity contribution in [1.29, 1.82) is 0 Å². The molecule has 9 heteroatoms. The van der Waals surface area contributed by atoms with Gasteiger partial charge in [0.25, 0.3) is 0 Å². The van der Waals surface area contributed by atoms with Gasteiger partial charge in [0, 0.05) is 5.75 Å². The molecular weight excluding hydrogens is 324 g/mol. The lowest BCUT2D eigenvalue weighted by Crippen LogP contribution is -2.52. The summed E-state index contributed by atoms with van der Waals surface area (Å²) < 4.78 is 10.4. The maximum absolute atomic E-state index is 12.5. The first-order valence-corrected chi connectivity index (χ1v) is 8.48. The zero-order valence-corrected chi connectivity index (χ0v) is 14.5. The average Bonchev–Trinajstić information content (AvgIpc) is 2.46. The van der Waals surface area contributed by atoms with Gasteiger partial charge in [-0.3, -0.25) is 0 Å². The van der Waals surface area contributed by atoms with E-state index < -0.39 is 6.09 Å². The smallest absolute Gasteiger partial charge is 0.416 e. The van der Waals surface area contributed by atoms with E-state index in [0.29, 0.717) is 22.2 Å². The zero-order chi connectivity index (χ0) is 16.3. The van der Waals surface area contributed by atoms with Gasteiger partial charge in [0.05, 0.1) is 19.4 Å². The van der Waals surface area contributed by atoms with E-state index >= 15 is 0 Å². The second-order valence-corrected chi connectivity index (χ2v) is 6.21. The summed E-state index contributed by atoms with van der Waals surface area (Å²) >= 11 is 6.96. The Morgan fingerprint density at radius 2 is 2.32 bits per heavy atom. The molecule has 0 saturated carbocycles. The third kappa shape index (κ3) is 3.41. The van der Waals surface area contributed by atoms with Gasteiger partial charge in [-0.25, -0.2) is 14.7 Å². The zero-order valence-electron chi connectivity index (χ0n) is 12.8. The first kappa shape index (κ1) is 16.8. The van der Waals surface area contributed by atoms with Crippen LogP contribution in [0.4, 0.5) is 16.3 Å². The maximum atomic E-state index is 12.5. The van der Waals surface area contributed by atoms with Gasteiger partial charge in [0.15, 0.2) is 5.82 Å². The standard InChI is InChI=1S/C13H18N4O3S2/c1-7(2)20-13(18)17-9(6-22-4)11(21)15-8-5-14-12(19-3)16-10(8)17/h5,7,9H,6H2,1-4H3,(H,15,21). The Morgan fingerprint density at radius 3 is 2.91 bits per heavy atom. The van der Waals surface area contributed by atoms with Crippen molar-refractivity contribution in [2.24, 2.45) is 0 Å². The number of carbonyl (C=O) groups is 1. The predicted octanol–water partition coefficient (Wildman–Crippen LogP) is 2.32. The van der Waals surface area contributed by atoms with Crippen LogP contribution in [-0.4, -0.2) is 52.3 Å². The number of amides is 1. The first-order valence-electron chi connectivity index (χ1n) is 6.68. The molecule has 1 aromatic rings. The number of carbonyl (C=O) groups excluding carboxylic acids is 1. The summed E-state index contributed by atoms with van der Waals surface area (Å²) in [6.45, 7) is 3.59. The SMILES string of the molecule is COc1ncc2c(n1)N(C(=O)OC(C)C)C(CSC)C(=S)N2. The molecule has 22 heavy (non-hydrogen) atoms. The van der Waals surface area contributed by atoms with E-state index in [9.17, 15) is 4.79 Å². The second-order valence-electron chi connectivity index (χ2n) is 4.86. The van der Waals surface area contributed by atoms with E-state index in [0.717, 1.165) is 0 Å². The van der Waals surface area contributed by atoms with Gasteiger partial charge in [-0.15, -0.1) is 0 Å². The third-order valence-electron chi connectivity index (χ3n) is 2.89. The van der Waals surface area contributed by atoms with Gasteiger partial charge in [0.2, 0.25) is 0 Å². The highest BCUT2D eigenvalue weighted by Crippen LogP contribution is 2.33. The van der Waals surface area contributed by atoms with E-state index in [4.69, 9.17) is 21.7 Å². The second kappa shape index (κ2) is 7.10. The molecule has 1 unspecified atom stereocenters. The number of rotatable bonds is 4. The largest absolute Gasteiger partial charge is 0.467 e. The number of aromatic nitrogens is 2. The van der Waals surface area contributed by atoms with Crippen LogP contribution in [0.15, 0.2) is 6.20 Å². The quantitative estimate of drug-likeness (QED) is 0.836. The summed E-state index contributed by atoms with van der Waals surface area (Å²) in [5.74, 6) is 1.04. The lowest BCUT2D eigenvalue weighted by Gasteiger charge is -2.36. The fourth-order valence-corrected chi connectivity index (χ4v) is 3.02. The number of nitrogens with one attached hydrogen (secondary N) is 1. The minimum atomic E-state index is -0.486. The number of thioether (sulfide) groups is 1. The van der Waals surface area contributed by atoms with Crippen molar-refractivity contribution in [3.8, 4) is 6.01 Å². The van der Waals surface area contributed by atoms with Gasteiger partial charge in [-0.2, -0.15) is 16.7 Å². The Kier molecular flexibility index (Phi) is 5.41. The predicted molar refractivity (Wildman–Crippen MR) is 91.1 cm³/mol. The number of hydrogen-bond donors (Lipinski definition) is 1. The van der Waals surface area contributed by atoms with Crippen LogP contribution >= 0.6 is 24.0 Å². The normalized spacial score (nSPS) is 17.0. The molecule has 0 aromatic carbocycles. The highest BCUT2D eigenvalue weighted by atomic mass is 32.2. The summed E-state index contributed by atoms with van der Waals surface area (Å²) in [5.41, 5.74) is 0.559. The lowest BCUT2D eigenvalue weighted by atomic mass is 10.2. The summed E-state index contributed by atoms with van der Waals surface area (Å²) in [6.07, 6.45) is 2.77. The lowest BCUT2D eigenvalue weighted by molar-refractivity contribution is 0.122. The average molecular weight is 342 g/mol. The number of fused-ring (bicyclic) bond motifs is 1. The van der Waals surface area contributed by atoms with Gasteiger partial charge in [0.1, 0.15) is 16.7 Å². The van der Waals surface area contributed by atoms with E-state index in [-0.39, 0.29) is 18.2 Å². The number of nitrogens with zero attached hydrogens (tertiary/aromatic N) is 3. The fraction of sp³-hybridized carbons (Fsp3) is 0.538. The summed E-state index contributed by atoms with van der Waals surface area (Å²) in [6, 6.07) is -0.151. The molecule has 0 spiro atoms. The molecule has 0 aliphatic carbocycles. The van der Waals surface area contributed by atoms with Crippen LogP contribution in [0.5, 0.6) is 6.01 Å². The number of methoxy groups -OCH3 is 1.